The Morgan fingerprint density at radius 2 is 1.80 bits per heavy atom. The highest BCUT2D eigenvalue weighted by Gasteiger charge is 2.24. The molecule has 7 nitrogen and oxygen atoms in total. The number of hydrogen-bond acceptors (Lipinski definition) is 6. The molecule has 0 fully saturated rings. The van der Waals surface area contributed by atoms with Gasteiger partial charge >= 0.3 is 0 Å². The number of rotatable bonds is 4. The number of anilines is 1. The predicted molar refractivity (Wildman–Crippen MR) is 114 cm³/mol. The summed E-state index contributed by atoms with van der Waals surface area (Å²) in [6.07, 6.45) is 2.24. The summed E-state index contributed by atoms with van der Waals surface area (Å²) >= 11 is 5.95. The summed E-state index contributed by atoms with van der Waals surface area (Å²) in [7, 11) is -4.12. The number of fused-ring (bicyclic) bond motifs is 1. The van der Waals surface area contributed by atoms with E-state index in [0.717, 1.165) is 13.0 Å². The van der Waals surface area contributed by atoms with Crippen LogP contribution in [0, 0.1) is 6.92 Å². The first-order valence-electron chi connectivity index (χ1n) is 9.32. The van der Waals surface area contributed by atoms with Crippen LogP contribution in [0.25, 0.3) is 0 Å². The average Bonchev–Trinajstić information content (AvgIpc) is 2.73. The van der Waals surface area contributed by atoms with Crippen molar-refractivity contribution in [2.24, 2.45) is 0 Å². The molecule has 1 aromatic heterocycles. The van der Waals surface area contributed by atoms with Crippen molar-refractivity contribution in [2.45, 2.75) is 24.8 Å². The van der Waals surface area contributed by atoms with Gasteiger partial charge in [0, 0.05) is 19.3 Å². The maximum atomic E-state index is 12.6. The Labute approximate surface area is 179 Å². The molecule has 154 valence electrons. The number of carbonyl (C=O) groups is 1. The van der Waals surface area contributed by atoms with Crippen LogP contribution in [0.4, 0.5) is 5.95 Å². The minimum Gasteiger partial charge on any atom is -0.336 e. The van der Waals surface area contributed by atoms with Gasteiger partial charge in [-0.05, 0) is 36.6 Å². The van der Waals surface area contributed by atoms with Gasteiger partial charge in [-0.15, -0.1) is 0 Å². The van der Waals surface area contributed by atoms with Gasteiger partial charge in [-0.2, -0.15) is 0 Å². The molecule has 0 bridgehead atoms. The zero-order valence-electron chi connectivity index (χ0n) is 16.2. The Morgan fingerprint density at radius 1 is 1.10 bits per heavy atom. The Morgan fingerprint density at radius 3 is 2.53 bits per heavy atom. The highest BCUT2D eigenvalue weighted by Crippen LogP contribution is 2.23. The summed E-state index contributed by atoms with van der Waals surface area (Å²) < 4.78 is 27.1. The number of amides is 1. The summed E-state index contributed by atoms with van der Waals surface area (Å²) in [6, 6.07) is 14.1. The number of nitrogens with zero attached hydrogens (tertiary/aromatic N) is 3. The first-order valence-corrected chi connectivity index (χ1v) is 11.2. The second kappa shape index (κ2) is 8.04. The zero-order chi connectivity index (χ0) is 21.3. The molecule has 3 aromatic rings. The Hall–Kier alpha value is -2.97. The maximum Gasteiger partial charge on any atom is 0.268 e. The van der Waals surface area contributed by atoms with Gasteiger partial charge in [0.25, 0.3) is 15.9 Å². The third-order valence-corrected chi connectivity index (χ3v) is 6.81. The van der Waals surface area contributed by atoms with E-state index >= 15 is 0 Å². The van der Waals surface area contributed by atoms with Crippen LogP contribution >= 0.6 is 11.6 Å². The molecule has 0 saturated heterocycles. The quantitative estimate of drug-likeness (QED) is 0.667. The molecule has 0 saturated carbocycles. The van der Waals surface area contributed by atoms with E-state index in [9.17, 15) is 13.2 Å². The first kappa shape index (κ1) is 20.3. The van der Waals surface area contributed by atoms with Crippen molar-refractivity contribution in [3.8, 4) is 0 Å². The van der Waals surface area contributed by atoms with E-state index in [4.69, 9.17) is 11.6 Å². The van der Waals surface area contributed by atoms with Crippen molar-refractivity contribution in [2.75, 3.05) is 11.4 Å². The molecule has 30 heavy (non-hydrogen) atoms. The molecule has 0 radical (unpaired) electrons. The number of sulfonamides is 1. The van der Waals surface area contributed by atoms with Gasteiger partial charge in [0.15, 0.2) is 0 Å². The molecule has 1 amide bonds. The van der Waals surface area contributed by atoms with Crippen LogP contribution < -0.4 is 9.62 Å². The molecule has 0 aliphatic carbocycles. The third kappa shape index (κ3) is 4.01. The molecule has 1 N–H and O–H groups in total. The lowest BCUT2D eigenvalue weighted by Gasteiger charge is -2.29. The van der Waals surface area contributed by atoms with Crippen LogP contribution in [0.2, 0.25) is 5.02 Å². The number of nitrogens with one attached hydrogen (secondary N) is 1. The normalized spacial score (nSPS) is 13.6. The van der Waals surface area contributed by atoms with E-state index in [0.29, 0.717) is 18.2 Å². The molecule has 0 unspecified atom stereocenters. The number of halogens is 1. The molecule has 0 atom stereocenters. The highest BCUT2D eigenvalue weighted by atomic mass is 35.5. The number of benzene rings is 2. The molecule has 4 rings (SSSR count). The second-order valence-electron chi connectivity index (χ2n) is 6.97. The summed E-state index contributed by atoms with van der Waals surface area (Å²) in [5, 5.41) is 0.0338. The molecule has 1 aliphatic rings. The smallest absolute Gasteiger partial charge is 0.268 e. The van der Waals surface area contributed by atoms with Gasteiger partial charge < -0.3 is 4.90 Å². The van der Waals surface area contributed by atoms with Gasteiger partial charge in [0.05, 0.1) is 16.3 Å². The third-order valence-electron chi connectivity index (χ3n) is 4.98. The van der Waals surface area contributed by atoms with Gasteiger partial charge in [0.2, 0.25) is 5.95 Å². The van der Waals surface area contributed by atoms with Crippen LogP contribution in [-0.2, 0) is 23.0 Å². The van der Waals surface area contributed by atoms with Gasteiger partial charge in [-0.25, -0.2) is 23.1 Å². The molecule has 2 heterocycles. The maximum absolute atomic E-state index is 12.6. The Bertz CT molecular complexity index is 1230. The lowest BCUT2D eigenvalue weighted by atomic mass is 10.0. The molecule has 0 spiro atoms. The van der Waals surface area contributed by atoms with Crippen LogP contribution in [-0.4, -0.2) is 30.8 Å². The van der Waals surface area contributed by atoms with Crippen LogP contribution in [0.1, 0.15) is 27.2 Å². The summed E-state index contributed by atoms with van der Waals surface area (Å²) in [5.74, 6) is -0.296. The first-order chi connectivity index (χ1) is 14.3. The fourth-order valence-electron chi connectivity index (χ4n) is 3.39. The SMILES string of the molecule is Cc1nc(N2CCc3ccccc3C2)ncc1C(=O)NS(=O)(=O)c1ccccc1Cl. The minimum absolute atomic E-state index is 0.0338. The topological polar surface area (TPSA) is 92.3 Å². The fourth-order valence-corrected chi connectivity index (χ4v) is 4.88. The number of aromatic nitrogens is 2. The number of aryl methyl sites for hydroxylation is 1. The van der Waals surface area contributed by atoms with E-state index in [1.54, 1.807) is 13.0 Å². The van der Waals surface area contributed by atoms with Crippen molar-refractivity contribution in [3.63, 3.8) is 0 Å². The monoisotopic (exact) mass is 442 g/mol. The van der Waals surface area contributed by atoms with Crippen molar-refractivity contribution in [1.82, 2.24) is 14.7 Å². The van der Waals surface area contributed by atoms with Gasteiger partial charge in [-0.3, -0.25) is 4.79 Å². The van der Waals surface area contributed by atoms with Crippen LogP contribution in [0.5, 0.6) is 0 Å². The standard InChI is InChI=1S/C21H19ClN4O3S/c1-14-17(20(27)25-30(28,29)19-9-5-4-8-18(19)22)12-23-21(24-14)26-11-10-15-6-2-3-7-16(15)13-26/h2-9,12H,10-11,13H2,1H3,(H,25,27). The summed E-state index contributed by atoms with van der Waals surface area (Å²) in [6.45, 7) is 3.10. The van der Waals surface area contributed by atoms with Crippen LogP contribution in [0.15, 0.2) is 59.6 Å². The number of hydrogen-bond donors (Lipinski definition) is 1. The Balaban J connectivity index is 1.54. The van der Waals surface area contributed by atoms with Gasteiger partial charge in [0.1, 0.15) is 4.90 Å². The molecule has 2 aromatic carbocycles. The van der Waals surface area contributed by atoms with E-state index in [1.165, 1.54) is 35.5 Å². The second-order valence-corrected chi connectivity index (χ2v) is 9.03. The van der Waals surface area contributed by atoms with E-state index in [1.807, 2.05) is 21.8 Å². The van der Waals surface area contributed by atoms with Gasteiger partial charge in [-0.1, -0.05) is 48.0 Å². The minimum atomic E-state index is -4.12. The van der Waals surface area contributed by atoms with E-state index < -0.39 is 15.9 Å². The van der Waals surface area contributed by atoms with Crippen molar-refractivity contribution in [3.05, 3.63) is 82.1 Å². The van der Waals surface area contributed by atoms with E-state index in [-0.39, 0.29) is 15.5 Å². The zero-order valence-corrected chi connectivity index (χ0v) is 17.7. The van der Waals surface area contributed by atoms with Crippen molar-refractivity contribution < 1.29 is 13.2 Å². The molecular weight excluding hydrogens is 424 g/mol. The Kier molecular flexibility index (Phi) is 5.44. The van der Waals surface area contributed by atoms with Crippen LogP contribution in [0.3, 0.4) is 0 Å². The summed E-state index contributed by atoms with van der Waals surface area (Å²) in [4.78, 5) is 23.2. The van der Waals surface area contributed by atoms with Crippen molar-refractivity contribution in [1.29, 1.82) is 0 Å². The summed E-state index contributed by atoms with van der Waals surface area (Å²) in [5.41, 5.74) is 3.02. The van der Waals surface area contributed by atoms with E-state index in [2.05, 4.69) is 22.1 Å². The number of carbonyl (C=O) groups excluding carboxylic acids is 1. The lowest BCUT2D eigenvalue weighted by Crippen LogP contribution is -2.33. The average molecular weight is 443 g/mol. The molecule has 9 heteroatoms. The predicted octanol–water partition coefficient (Wildman–Crippen LogP) is 3.12. The lowest BCUT2D eigenvalue weighted by molar-refractivity contribution is 0.0980. The highest BCUT2D eigenvalue weighted by molar-refractivity contribution is 7.90. The fraction of sp³-hybridized carbons (Fsp3) is 0.190. The van der Waals surface area contributed by atoms with Crippen molar-refractivity contribution >= 4 is 33.5 Å². The molecular formula is C21H19ClN4O3S. The molecule has 1 aliphatic heterocycles. The largest absolute Gasteiger partial charge is 0.336 e.